The Labute approximate surface area is 115 Å². The van der Waals surface area contributed by atoms with E-state index in [0.717, 1.165) is 12.1 Å². The molecule has 0 radical (unpaired) electrons. The maximum absolute atomic E-state index is 13.0. The molecule has 0 saturated carbocycles. The van der Waals surface area contributed by atoms with Crippen LogP contribution in [0.25, 0.3) is 0 Å². The molecule has 0 aliphatic carbocycles. The minimum atomic E-state index is -4.27. The van der Waals surface area contributed by atoms with Crippen LogP contribution in [0.3, 0.4) is 0 Å². The molecule has 1 unspecified atom stereocenters. The minimum absolute atomic E-state index is 0.269. The maximum atomic E-state index is 13.0. The van der Waals surface area contributed by atoms with Gasteiger partial charge >= 0.3 is 0 Å². The Morgan fingerprint density at radius 1 is 1.55 bits per heavy atom. The Bertz CT molecular complexity index is 654. The highest BCUT2D eigenvalue weighted by Gasteiger charge is 2.28. The monoisotopic (exact) mass is 301 g/mol. The Balaban J connectivity index is 3.23. The van der Waals surface area contributed by atoms with E-state index in [2.05, 4.69) is 4.72 Å². The first-order valence-electron chi connectivity index (χ1n) is 5.67. The molecule has 20 heavy (non-hydrogen) atoms. The van der Waals surface area contributed by atoms with Crippen molar-refractivity contribution in [3.05, 3.63) is 34.1 Å². The van der Waals surface area contributed by atoms with Gasteiger partial charge < -0.3 is 0 Å². The smallest absolute Gasteiger partial charge is 0.258 e. The fraction of sp³-hybridized carbons (Fsp3) is 0.364. The summed E-state index contributed by atoms with van der Waals surface area (Å²) >= 11 is 0. The number of hydrogen-bond acceptors (Lipinski definition) is 5. The van der Waals surface area contributed by atoms with Gasteiger partial charge in [-0.2, -0.15) is 9.98 Å². The topological polar surface area (TPSA) is 113 Å². The molecule has 0 bridgehead atoms. The van der Waals surface area contributed by atoms with E-state index in [1.54, 1.807) is 13.0 Å². The van der Waals surface area contributed by atoms with Crippen molar-refractivity contribution >= 4 is 15.7 Å². The van der Waals surface area contributed by atoms with E-state index in [0.29, 0.717) is 12.5 Å². The largest absolute Gasteiger partial charge is 0.292 e. The van der Waals surface area contributed by atoms with E-state index >= 15 is 0 Å². The van der Waals surface area contributed by atoms with Crippen LogP contribution in [-0.4, -0.2) is 19.4 Å². The first-order chi connectivity index (χ1) is 9.31. The number of halogens is 1. The number of nitrogens with zero attached hydrogens (tertiary/aromatic N) is 2. The van der Waals surface area contributed by atoms with E-state index in [4.69, 9.17) is 5.26 Å². The van der Waals surface area contributed by atoms with Crippen LogP contribution in [-0.2, 0) is 10.0 Å². The third-order valence-corrected chi connectivity index (χ3v) is 3.96. The highest BCUT2D eigenvalue weighted by molar-refractivity contribution is 7.89. The van der Waals surface area contributed by atoms with Gasteiger partial charge in [0.2, 0.25) is 10.0 Å². The summed E-state index contributed by atoms with van der Waals surface area (Å²) in [4.78, 5) is 9.13. The molecule has 0 aromatic heterocycles. The average Bonchev–Trinajstić information content (AvgIpc) is 2.37. The van der Waals surface area contributed by atoms with Crippen molar-refractivity contribution in [2.75, 3.05) is 0 Å². The van der Waals surface area contributed by atoms with Crippen molar-refractivity contribution < 1.29 is 17.7 Å². The molecule has 1 N–H and O–H groups in total. The lowest BCUT2D eigenvalue weighted by atomic mass is 10.2. The molecule has 0 fully saturated rings. The SMILES string of the molecule is CCCC(C#N)NS(=O)(=O)c1ccc(F)cc1[N+](=O)[O-]. The molecule has 7 nitrogen and oxygen atoms in total. The number of nitriles is 1. The minimum Gasteiger partial charge on any atom is -0.258 e. The van der Waals surface area contributed by atoms with Gasteiger partial charge in [-0.05, 0) is 18.6 Å². The molecule has 0 heterocycles. The van der Waals surface area contributed by atoms with Crippen LogP contribution in [0.1, 0.15) is 19.8 Å². The Hall–Kier alpha value is -2.05. The van der Waals surface area contributed by atoms with Crippen LogP contribution in [0.4, 0.5) is 10.1 Å². The zero-order valence-electron chi connectivity index (χ0n) is 10.5. The molecule has 0 saturated heterocycles. The molecule has 9 heteroatoms. The van der Waals surface area contributed by atoms with E-state index in [1.807, 2.05) is 0 Å². The number of sulfonamides is 1. The predicted octanol–water partition coefficient (Wildman–Crippen LogP) is 1.70. The lowest BCUT2D eigenvalue weighted by Crippen LogP contribution is -2.34. The Morgan fingerprint density at radius 3 is 2.70 bits per heavy atom. The standard InChI is InChI=1S/C11H12FN3O4S/c1-2-3-9(7-13)14-20(18,19)11-5-4-8(12)6-10(11)15(16)17/h4-6,9,14H,2-3H2,1H3. The van der Waals surface area contributed by atoms with Crippen LogP contribution in [0.5, 0.6) is 0 Å². The van der Waals surface area contributed by atoms with Gasteiger partial charge in [0.1, 0.15) is 11.9 Å². The summed E-state index contributed by atoms with van der Waals surface area (Å²) in [5, 5.41) is 19.6. The lowest BCUT2D eigenvalue weighted by Gasteiger charge is -2.11. The second kappa shape index (κ2) is 6.40. The molecular weight excluding hydrogens is 289 g/mol. The summed E-state index contributed by atoms with van der Waals surface area (Å²) in [7, 11) is -4.27. The van der Waals surface area contributed by atoms with E-state index < -0.39 is 37.4 Å². The van der Waals surface area contributed by atoms with E-state index in [-0.39, 0.29) is 6.42 Å². The quantitative estimate of drug-likeness (QED) is 0.634. The first kappa shape index (κ1) is 16.0. The molecule has 0 aliphatic heterocycles. The number of nitro benzene ring substituents is 1. The summed E-state index contributed by atoms with van der Waals surface area (Å²) in [6.07, 6.45) is 0.830. The number of benzene rings is 1. The summed E-state index contributed by atoms with van der Waals surface area (Å²) < 4.78 is 39.1. The summed E-state index contributed by atoms with van der Waals surface area (Å²) in [5.74, 6) is -0.916. The average molecular weight is 301 g/mol. The first-order valence-corrected chi connectivity index (χ1v) is 7.16. The van der Waals surface area contributed by atoms with Crippen molar-refractivity contribution in [1.82, 2.24) is 4.72 Å². The van der Waals surface area contributed by atoms with Gasteiger partial charge in [0.05, 0.1) is 17.1 Å². The van der Waals surface area contributed by atoms with E-state index in [9.17, 15) is 22.9 Å². The second-order valence-corrected chi connectivity index (χ2v) is 5.64. The molecule has 1 aromatic carbocycles. The van der Waals surface area contributed by atoms with Gasteiger partial charge in [0.15, 0.2) is 4.90 Å². The predicted molar refractivity (Wildman–Crippen MR) is 67.7 cm³/mol. The zero-order chi connectivity index (χ0) is 15.3. The van der Waals surface area contributed by atoms with Gasteiger partial charge in [-0.1, -0.05) is 13.3 Å². The second-order valence-electron chi connectivity index (χ2n) is 3.96. The van der Waals surface area contributed by atoms with Crippen molar-refractivity contribution in [3.63, 3.8) is 0 Å². The summed E-state index contributed by atoms with van der Waals surface area (Å²) in [6.45, 7) is 1.76. The number of nitrogens with one attached hydrogen (secondary N) is 1. The molecular formula is C11H12FN3O4S. The number of nitro groups is 1. The van der Waals surface area contributed by atoms with Crippen molar-refractivity contribution in [2.24, 2.45) is 0 Å². The third kappa shape index (κ3) is 3.72. The normalized spacial score (nSPS) is 12.7. The van der Waals surface area contributed by atoms with Crippen LogP contribution >= 0.6 is 0 Å². The van der Waals surface area contributed by atoms with Crippen LogP contribution in [0, 0.1) is 27.3 Å². The summed E-state index contributed by atoms with van der Waals surface area (Å²) in [5.41, 5.74) is -0.870. The molecule has 108 valence electrons. The molecule has 0 amide bonds. The molecule has 0 spiro atoms. The zero-order valence-corrected chi connectivity index (χ0v) is 11.4. The van der Waals surface area contributed by atoms with Gasteiger partial charge in [-0.3, -0.25) is 10.1 Å². The van der Waals surface area contributed by atoms with Crippen molar-refractivity contribution in [1.29, 1.82) is 5.26 Å². The highest BCUT2D eigenvalue weighted by atomic mass is 32.2. The Kier molecular flexibility index (Phi) is 5.12. The maximum Gasteiger partial charge on any atom is 0.292 e. The van der Waals surface area contributed by atoms with E-state index in [1.165, 1.54) is 0 Å². The molecule has 1 rings (SSSR count). The third-order valence-electron chi connectivity index (χ3n) is 2.44. The van der Waals surface area contributed by atoms with Gasteiger partial charge in [0, 0.05) is 0 Å². The van der Waals surface area contributed by atoms with Crippen molar-refractivity contribution in [3.8, 4) is 6.07 Å². The van der Waals surface area contributed by atoms with Crippen LogP contribution in [0.2, 0.25) is 0 Å². The lowest BCUT2D eigenvalue weighted by molar-refractivity contribution is -0.388. The number of rotatable bonds is 6. The summed E-state index contributed by atoms with van der Waals surface area (Å²) in [6, 6.07) is 2.90. The van der Waals surface area contributed by atoms with Gasteiger partial charge in [-0.25, -0.2) is 12.8 Å². The highest BCUT2D eigenvalue weighted by Crippen LogP contribution is 2.24. The molecule has 1 aromatic rings. The van der Waals surface area contributed by atoms with Gasteiger partial charge in [0.25, 0.3) is 5.69 Å². The number of hydrogen-bond donors (Lipinski definition) is 1. The fourth-order valence-corrected chi connectivity index (χ4v) is 2.88. The molecule has 1 atom stereocenters. The molecule has 0 aliphatic rings. The van der Waals surface area contributed by atoms with Crippen molar-refractivity contribution in [2.45, 2.75) is 30.7 Å². The van der Waals surface area contributed by atoms with Crippen LogP contribution < -0.4 is 4.72 Å². The fourth-order valence-electron chi connectivity index (χ4n) is 1.55. The Morgan fingerprint density at radius 2 is 2.20 bits per heavy atom. The van der Waals surface area contributed by atoms with Gasteiger partial charge in [-0.15, -0.1) is 0 Å². The van der Waals surface area contributed by atoms with Crippen LogP contribution in [0.15, 0.2) is 23.1 Å².